The molecule has 1 aromatic heterocycles. The van der Waals surface area contributed by atoms with E-state index in [1.807, 2.05) is 12.3 Å². The number of benzene rings is 1. The number of aliphatic imine (C=N–C) groups is 1. The number of pyridine rings is 1. The van der Waals surface area contributed by atoms with E-state index in [1.54, 1.807) is 11.8 Å². The molecule has 0 saturated carbocycles. The van der Waals surface area contributed by atoms with Crippen molar-refractivity contribution in [3.8, 4) is 0 Å². The van der Waals surface area contributed by atoms with Crippen LogP contribution in [0.2, 0.25) is 0 Å². The van der Waals surface area contributed by atoms with Gasteiger partial charge in [0.2, 0.25) is 0 Å². The highest BCUT2D eigenvalue weighted by atomic mass is 32.2. The summed E-state index contributed by atoms with van der Waals surface area (Å²) in [5.41, 5.74) is 6.08. The third kappa shape index (κ3) is 2.08. The molecule has 96 valence electrons. The highest BCUT2D eigenvalue weighted by Crippen LogP contribution is 2.33. The van der Waals surface area contributed by atoms with Crippen molar-refractivity contribution in [2.24, 2.45) is 4.99 Å². The Hall–Kier alpha value is -1.61. The Balaban J connectivity index is 2.26. The number of rotatable bonds is 2. The molecule has 1 aromatic carbocycles. The second kappa shape index (κ2) is 4.82. The van der Waals surface area contributed by atoms with E-state index in [4.69, 9.17) is 0 Å². The zero-order valence-electron chi connectivity index (χ0n) is 11.4. The maximum Gasteiger partial charge on any atom is 0.0719 e. The van der Waals surface area contributed by atoms with Crippen molar-refractivity contribution in [1.29, 1.82) is 0 Å². The van der Waals surface area contributed by atoms with E-state index in [1.165, 1.54) is 27.0 Å². The van der Waals surface area contributed by atoms with Gasteiger partial charge in [-0.1, -0.05) is 6.07 Å². The largest absolute Gasteiger partial charge is 0.285 e. The summed E-state index contributed by atoms with van der Waals surface area (Å²) in [7, 11) is 0. The van der Waals surface area contributed by atoms with E-state index >= 15 is 0 Å². The molecule has 0 atom stereocenters. The van der Waals surface area contributed by atoms with Gasteiger partial charge in [0.1, 0.15) is 0 Å². The van der Waals surface area contributed by atoms with Gasteiger partial charge >= 0.3 is 0 Å². The third-order valence-corrected chi connectivity index (χ3v) is 4.31. The number of aromatic nitrogens is 1. The summed E-state index contributed by atoms with van der Waals surface area (Å²) in [6, 6.07) is 8.57. The number of nitrogens with zero attached hydrogens (tertiary/aromatic N) is 2. The molecule has 0 N–H and O–H groups in total. The molecule has 2 aromatic rings. The van der Waals surface area contributed by atoms with Crippen LogP contribution in [-0.2, 0) is 0 Å². The fourth-order valence-corrected chi connectivity index (χ4v) is 3.26. The van der Waals surface area contributed by atoms with E-state index in [2.05, 4.69) is 48.3 Å². The van der Waals surface area contributed by atoms with Crippen LogP contribution in [0, 0.1) is 0 Å². The average molecular weight is 268 g/mol. The molecular formula is C16H16N2S. The first kappa shape index (κ1) is 12.4. The Morgan fingerprint density at radius 2 is 2.05 bits per heavy atom. The number of allylic oxidation sites excluding steroid dienone is 1. The molecule has 1 aliphatic rings. The van der Waals surface area contributed by atoms with Gasteiger partial charge in [-0.3, -0.25) is 9.98 Å². The minimum atomic E-state index is 0.829. The highest BCUT2D eigenvalue weighted by molar-refractivity contribution is 7.98. The second-order valence-electron chi connectivity index (χ2n) is 4.81. The molecule has 0 amide bonds. The lowest BCUT2D eigenvalue weighted by atomic mass is 9.98. The topological polar surface area (TPSA) is 25.2 Å². The fourth-order valence-electron chi connectivity index (χ4n) is 2.62. The van der Waals surface area contributed by atoms with E-state index in [9.17, 15) is 0 Å². The van der Waals surface area contributed by atoms with Crippen LogP contribution in [0.3, 0.4) is 0 Å². The smallest absolute Gasteiger partial charge is 0.0719 e. The van der Waals surface area contributed by atoms with Gasteiger partial charge in [-0.2, -0.15) is 0 Å². The molecule has 0 saturated heterocycles. The number of thioether (sulfide) groups is 1. The van der Waals surface area contributed by atoms with Gasteiger partial charge < -0.3 is 0 Å². The fraction of sp³-hybridized carbons (Fsp3) is 0.250. The van der Waals surface area contributed by atoms with Crippen LogP contribution in [-0.4, -0.2) is 23.5 Å². The van der Waals surface area contributed by atoms with E-state index in [-0.39, 0.29) is 0 Å². The Morgan fingerprint density at radius 1 is 1.21 bits per heavy atom. The van der Waals surface area contributed by atoms with Crippen molar-refractivity contribution in [1.82, 2.24) is 4.98 Å². The van der Waals surface area contributed by atoms with Gasteiger partial charge in [-0.15, -0.1) is 11.8 Å². The predicted octanol–water partition coefficient (Wildman–Crippen LogP) is 4.20. The van der Waals surface area contributed by atoms with Crippen LogP contribution < -0.4 is 0 Å². The Bertz CT molecular complexity index is 714. The van der Waals surface area contributed by atoms with Gasteiger partial charge in [0.25, 0.3) is 0 Å². The molecule has 3 heteroatoms. The van der Waals surface area contributed by atoms with Gasteiger partial charge in [0, 0.05) is 27.8 Å². The summed E-state index contributed by atoms with van der Waals surface area (Å²) in [6.45, 7) is 5.08. The summed E-state index contributed by atoms with van der Waals surface area (Å²) in [5, 5.41) is 1.23. The highest BCUT2D eigenvalue weighted by Gasteiger charge is 2.16. The van der Waals surface area contributed by atoms with Crippen LogP contribution in [0.1, 0.15) is 19.4 Å². The Labute approximate surface area is 117 Å². The lowest BCUT2D eigenvalue weighted by molar-refractivity contribution is 1.18. The summed E-state index contributed by atoms with van der Waals surface area (Å²) < 4.78 is 0. The molecule has 3 rings (SSSR count). The predicted molar refractivity (Wildman–Crippen MR) is 84.1 cm³/mol. The molecule has 0 fully saturated rings. The maximum absolute atomic E-state index is 4.53. The lowest BCUT2D eigenvalue weighted by Gasteiger charge is -2.10. The summed E-state index contributed by atoms with van der Waals surface area (Å²) in [5.74, 6) is 0. The van der Waals surface area contributed by atoms with Crippen LogP contribution in [0.5, 0.6) is 0 Å². The minimum absolute atomic E-state index is 0.829. The number of hydrogen-bond donors (Lipinski definition) is 0. The van der Waals surface area contributed by atoms with Gasteiger partial charge in [-0.05, 0) is 49.4 Å². The molecule has 0 aliphatic carbocycles. The number of fused-ring (bicyclic) bond motifs is 1. The summed E-state index contributed by atoms with van der Waals surface area (Å²) >= 11 is 1.77. The van der Waals surface area contributed by atoms with Gasteiger partial charge in [-0.25, -0.2) is 0 Å². The standard InChI is InChI=1S/C16H16N2S/c1-10-9-18-11(2)16(10)12-7-14-13(5-4-6-17-14)15(8-12)19-3/h4-8H,9H2,1-3H3. The molecule has 0 radical (unpaired) electrons. The number of hydrogen-bond acceptors (Lipinski definition) is 3. The first-order chi connectivity index (χ1) is 9.20. The van der Waals surface area contributed by atoms with Crippen molar-refractivity contribution in [2.75, 3.05) is 12.8 Å². The summed E-state index contributed by atoms with van der Waals surface area (Å²) in [6.07, 6.45) is 3.97. The van der Waals surface area contributed by atoms with Gasteiger partial charge in [0.15, 0.2) is 0 Å². The van der Waals surface area contributed by atoms with Crippen molar-refractivity contribution in [2.45, 2.75) is 18.7 Å². The van der Waals surface area contributed by atoms with Crippen LogP contribution >= 0.6 is 11.8 Å². The van der Waals surface area contributed by atoms with Crippen molar-refractivity contribution in [3.63, 3.8) is 0 Å². The molecule has 19 heavy (non-hydrogen) atoms. The summed E-state index contributed by atoms with van der Waals surface area (Å²) in [4.78, 5) is 10.3. The van der Waals surface area contributed by atoms with E-state index in [0.29, 0.717) is 0 Å². The minimum Gasteiger partial charge on any atom is -0.285 e. The molecule has 2 nitrogen and oxygen atoms in total. The molecule has 0 unspecified atom stereocenters. The molecule has 1 aliphatic heterocycles. The first-order valence-corrected chi connectivity index (χ1v) is 7.57. The Morgan fingerprint density at radius 3 is 2.74 bits per heavy atom. The van der Waals surface area contributed by atoms with Crippen molar-refractivity contribution in [3.05, 3.63) is 41.6 Å². The molecule has 2 heterocycles. The zero-order chi connectivity index (χ0) is 13.4. The SMILES string of the molecule is CSc1cc(C2=C(C)CN=C2C)cc2ncccc12. The quantitative estimate of drug-likeness (QED) is 0.762. The zero-order valence-corrected chi connectivity index (χ0v) is 12.2. The lowest BCUT2D eigenvalue weighted by Crippen LogP contribution is -1.96. The van der Waals surface area contributed by atoms with Crippen molar-refractivity contribution < 1.29 is 0 Å². The maximum atomic E-state index is 4.53. The third-order valence-electron chi connectivity index (χ3n) is 3.53. The van der Waals surface area contributed by atoms with Crippen molar-refractivity contribution >= 4 is 33.9 Å². The van der Waals surface area contributed by atoms with E-state index < -0.39 is 0 Å². The van der Waals surface area contributed by atoms with Crippen LogP contribution in [0.15, 0.2) is 45.9 Å². The average Bonchev–Trinajstić information content (AvgIpc) is 2.77. The van der Waals surface area contributed by atoms with Crippen LogP contribution in [0.4, 0.5) is 0 Å². The van der Waals surface area contributed by atoms with E-state index in [0.717, 1.165) is 17.8 Å². The van der Waals surface area contributed by atoms with Gasteiger partial charge in [0.05, 0.1) is 12.1 Å². The molecular weight excluding hydrogens is 252 g/mol. The molecule has 0 spiro atoms. The monoisotopic (exact) mass is 268 g/mol. The molecule has 0 bridgehead atoms. The Kier molecular flexibility index (Phi) is 3.15. The normalized spacial score (nSPS) is 15.2. The first-order valence-electron chi connectivity index (χ1n) is 6.35. The second-order valence-corrected chi connectivity index (χ2v) is 5.65. The van der Waals surface area contributed by atoms with Crippen LogP contribution in [0.25, 0.3) is 16.5 Å².